The molecule has 2 rings (SSSR count). The molecule has 19 heavy (non-hydrogen) atoms. The van der Waals surface area contributed by atoms with E-state index in [1.54, 1.807) is 18.9 Å². The SMILES string of the molecule is CC(=O)N(C)Cc1nc2ccccc2n1C(C)C.Cl. The zero-order chi connectivity index (χ0) is 13.3. The molecule has 0 saturated heterocycles. The summed E-state index contributed by atoms with van der Waals surface area (Å²) in [6.45, 7) is 6.38. The first-order valence-corrected chi connectivity index (χ1v) is 6.18. The van der Waals surface area contributed by atoms with E-state index in [1.807, 2.05) is 18.2 Å². The van der Waals surface area contributed by atoms with Gasteiger partial charge in [-0.15, -0.1) is 12.4 Å². The van der Waals surface area contributed by atoms with Crippen LogP contribution in [0.1, 0.15) is 32.6 Å². The van der Waals surface area contributed by atoms with Crippen molar-refractivity contribution in [3.8, 4) is 0 Å². The molecule has 1 aromatic carbocycles. The van der Waals surface area contributed by atoms with Gasteiger partial charge in [0.2, 0.25) is 5.91 Å². The number of carbonyl (C=O) groups excluding carboxylic acids is 1. The molecule has 5 heteroatoms. The van der Waals surface area contributed by atoms with E-state index in [9.17, 15) is 4.79 Å². The molecular formula is C14H20ClN3O. The fourth-order valence-electron chi connectivity index (χ4n) is 2.11. The minimum absolute atomic E-state index is 0. The van der Waals surface area contributed by atoms with Gasteiger partial charge in [-0.25, -0.2) is 4.98 Å². The lowest BCUT2D eigenvalue weighted by Crippen LogP contribution is -2.25. The molecule has 0 aliphatic carbocycles. The van der Waals surface area contributed by atoms with Crippen LogP contribution in [-0.4, -0.2) is 27.4 Å². The number of amides is 1. The third kappa shape index (κ3) is 3.07. The number of rotatable bonds is 3. The molecule has 0 spiro atoms. The maximum Gasteiger partial charge on any atom is 0.219 e. The van der Waals surface area contributed by atoms with E-state index in [-0.39, 0.29) is 18.3 Å². The fourth-order valence-corrected chi connectivity index (χ4v) is 2.11. The average molecular weight is 282 g/mol. The minimum atomic E-state index is 0. The van der Waals surface area contributed by atoms with Crippen LogP contribution in [0, 0.1) is 0 Å². The maximum absolute atomic E-state index is 11.3. The first-order valence-electron chi connectivity index (χ1n) is 6.18. The van der Waals surface area contributed by atoms with Gasteiger partial charge in [-0.1, -0.05) is 12.1 Å². The molecule has 4 nitrogen and oxygen atoms in total. The highest BCUT2D eigenvalue weighted by molar-refractivity contribution is 5.85. The van der Waals surface area contributed by atoms with Crippen LogP contribution < -0.4 is 0 Å². The molecule has 0 N–H and O–H groups in total. The molecule has 0 atom stereocenters. The lowest BCUT2D eigenvalue weighted by Gasteiger charge is -2.18. The molecule has 0 radical (unpaired) electrons. The van der Waals surface area contributed by atoms with Crippen molar-refractivity contribution in [2.75, 3.05) is 7.05 Å². The summed E-state index contributed by atoms with van der Waals surface area (Å²) in [6.07, 6.45) is 0. The highest BCUT2D eigenvalue weighted by Gasteiger charge is 2.15. The van der Waals surface area contributed by atoms with Gasteiger partial charge in [0.1, 0.15) is 5.82 Å². The van der Waals surface area contributed by atoms with Crippen LogP contribution in [0.2, 0.25) is 0 Å². The summed E-state index contributed by atoms with van der Waals surface area (Å²) in [7, 11) is 1.80. The highest BCUT2D eigenvalue weighted by Crippen LogP contribution is 2.21. The summed E-state index contributed by atoms with van der Waals surface area (Å²) in [6, 6.07) is 8.40. The quantitative estimate of drug-likeness (QED) is 0.867. The number of halogens is 1. The Bertz CT molecular complexity index is 577. The third-order valence-electron chi connectivity index (χ3n) is 3.10. The van der Waals surface area contributed by atoms with Gasteiger partial charge in [0.15, 0.2) is 0 Å². The lowest BCUT2D eigenvalue weighted by molar-refractivity contribution is -0.128. The fraction of sp³-hybridized carbons (Fsp3) is 0.429. The van der Waals surface area contributed by atoms with E-state index >= 15 is 0 Å². The number of hydrogen-bond donors (Lipinski definition) is 0. The van der Waals surface area contributed by atoms with Crippen LogP contribution in [0.25, 0.3) is 11.0 Å². The van der Waals surface area contributed by atoms with Crippen LogP contribution in [0.4, 0.5) is 0 Å². The number of nitrogens with zero attached hydrogens (tertiary/aromatic N) is 3. The van der Waals surface area contributed by atoms with Crippen LogP contribution in [0.5, 0.6) is 0 Å². The van der Waals surface area contributed by atoms with Gasteiger partial charge in [0, 0.05) is 20.0 Å². The van der Waals surface area contributed by atoms with Crippen molar-refractivity contribution in [2.45, 2.75) is 33.4 Å². The Kier molecular flexibility index (Phi) is 4.95. The van der Waals surface area contributed by atoms with Gasteiger partial charge in [0.25, 0.3) is 0 Å². The second-order valence-electron chi connectivity index (χ2n) is 4.86. The molecule has 0 bridgehead atoms. The van der Waals surface area contributed by atoms with Crippen LogP contribution >= 0.6 is 12.4 Å². The molecule has 0 unspecified atom stereocenters. The van der Waals surface area contributed by atoms with E-state index in [2.05, 4.69) is 29.5 Å². The van der Waals surface area contributed by atoms with E-state index in [0.29, 0.717) is 12.6 Å². The van der Waals surface area contributed by atoms with Crippen LogP contribution in [-0.2, 0) is 11.3 Å². The number of benzene rings is 1. The highest BCUT2D eigenvalue weighted by atomic mass is 35.5. The molecule has 0 fully saturated rings. The van der Waals surface area contributed by atoms with Gasteiger partial charge in [-0.2, -0.15) is 0 Å². The Morgan fingerprint density at radius 1 is 1.37 bits per heavy atom. The van der Waals surface area contributed by atoms with Crippen LogP contribution in [0.15, 0.2) is 24.3 Å². The van der Waals surface area contributed by atoms with Gasteiger partial charge < -0.3 is 9.47 Å². The maximum atomic E-state index is 11.3. The Morgan fingerprint density at radius 3 is 2.58 bits per heavy atom. The number of para-hydroxylation sites is 2. The van der Waals surface area contributed by atoms with Crippen molar-refractivity contribution in [2.24, 2.45) is 0 Å². The topological polar surface area (TPSA) is 38.1 Å². The van der Waals surface area contributed by atoms with Crippen molar-refractivity contribution in [1.82, 2.24) is 14.5 Å². The number of carbonyl (C=O) groups is 1. The molecule has 104 valence electrons. The second-order valence-corrected chi connectivity index (χ2v) is 4.86. The van der Waals surface area contributed by atoms with Crippen molar-refractivity contribution in [3.05, 3.63) is 30.1 Å². The van der Waals surface area contributed by atoms with Gasteiger partial charge in [0.05, 0.1) is 17.6 Å². The number of fused-ring (bicyclic) bond motifs is 1. The monoisotopic (exact) mass is 281 g/mol. The molecule has 0 saturated carbocycles. The average Bonchev–Trinajstić information content (AvgIpc) is 2.66. The summed E-state index contributed by atoms with van der Waals surface area (Å²) in [5, 5.41) is 0. The van der Waals surface area contributed by atoms with Crippen molar-refractivity contribution < 1.29 is 4.79 Å². The minimum Gasteiger partial charge on any atom is -0.339 e. The van der Waals surface area contributed by atoms with E-state index in [0.717, 1.165) is 16.9 Å². The Morgan fingerprint density at radius 2 is 2.00 bits per heavy atom. The number of aromatic nitrogens is 2. The first-order chi connectivity index (χ1) is 8.50. The molecule has 2 aromatic rings. The standard InChI is InChI=1S/C14H19N3O.ClH/c1-10(2)17-13-8-6-5-7-12(13)15-14(17)9-16(4)11(3)18;/h5-8,10H,9H2,1-4H3;1H. The zero-order valence-corrected chi connectivity index (χ0v) is 12.6. The molecular weight excluding hydrogens is 262 g/mol. The summed E-state index contributed by atoms with van der Waals surface area (Å²) in [5.41, 5.74) is 2.11. The van der Waals surface area contributed by atoms with Crippen molar-refractivity contribution >= 4 is 29.3 Å². The Labute approximate surface area is 119 Å². The predicted octanol–water partition coefficient (Wildman–Crippen LogP) is 3.02. The van der Waals surface area contributed by atoms with E-state index in [1.165, 1.54) is 0 Å². The van der Waals surface area contributed by atoms with Crippen molar-refractivity contribution in [1.29, 1.82) is 0 Å². The largest absolute Gasteiger partial charge is 0.339 e. The Balaban J connectivity index is 0.00000180. The van der Waals surface area contributed by atoms with Gasteiger partial charge in [-0.3, -0.25) is 4.79 Å². The molecule has 1 aromatic heterocycles. The zero-order valence-electron chi connectivity index (χ0n) is 11.8. The van der Waals surface area contributed by atoms with Crippen LogP contribution in [0.3, 0.4) is 0 Å². The third-order valence-corrected chi connectivity index (χ3v) is 3.10. The summed E-state index contributed by atoms with van der Waals surface area (Å²) in [5.74, 6) is 0.987. The smallest absolute Gasteiger partial charge is 0.219 e. The predicted molar refractivity (Wildman–Crippen MR) is 79.5 cm³/mol. The molecule has 0 aliphatic heterocycles. The van der Waals surface area contributed by atoms with Gasteiger partial charge in [-0.05, 0) is 26.0 Å². The lowest BCUT2D eigenvalue weighted by atomic mass is 10.3. The molecule has 1 amide bonds. The number of imidazole rings is 1. The summed E-state index contributed by atoms with van der Waals surface area (Å²) >= 11 is 0. The van der Waals surface area contributed by atoms with E-state index < -0.39 is 0 Å². The van der Waals surface area contributed by atoms with E-state index in [4.69, 9.17) is 0 Å². The Hall–Kier alpha value is -1.55. The normalized spacial score (nSPS) is 10.6. The first kappa shape index (κ1) is 15.5. The second kappa shape index (κ2) is 6.06. The van der Waals surface area contributed by atoms with Gasteiger partial charge >= 0.3 is 0 Å². The molecule has 1 heterocycles. The van der Waals surface area contributed by atoms with Crippen molar-refractivity contribution in [3.63, 3.8) is 0 Å². The number of hydrogen-bond acceptors (Lipinski definition) is 2. The summed E-state index contributed by atoms with van der Waals surface area (Å²) in [4.78, 5) is 17.6. The molecule has 0 aliphatic rings. The summed E-state index contributed by atoms with van der Waals surface area (Å²) < 4.78 is 2.19.